The van der Waals surface area contributed by atoms with Crippen LogP contribution in [0.5, 0.6) is 5.75 Å². The second-order valence-electron chi connectivity index (χ2n) is 8.02. The number of benzene rings is 1. The molecular formula is C19H19F5N4O4S2. The fourth-order valence-corrected chi connectivity index (χ4v) is 5.51. The Morgan fingerprint density at radius 1 is 1.06 bits per heavy atom. The lowest BCUT2D eigenvalue weighted by molar-refractivity contribution is -0.138. The van der Waals surface area contributed by atoms with Crippen molar-refractivity contribution in [3.63, 3.8) is 0 Å². The molecule has 0 spiro atoms. The van der Waals surface area contributed by atoms with Crippen LogP contribution in [-0.2, 0) is 20.8 Å². The smallest absolute Gasteiger partial charge is 0.445 e. The first-order valence-corrected chi connectivity index (χ1v) is 12.9. The molecule has 34 heavy (non-hydrogen) atoms. The van der Waals surface area contributed by atoms with Crippen LogP contribution in [0.15, 0.2) is 17.0 Å². The number of halogens is 5. The minimum Gasteiger partial charge on any atom is -0.477 e. The van der Waals surface area contributed by atoms with Gasteiger partial charge >= 0.3 is 6.18 Å². The molecule has 2 aliphatic heterocycles. The van der Waals surface area contributed by atoms with E-state index in [0.29, 0.717) is 55.9 Å². The maximum Gasteiger partial charge on any atom is 0.445 e. The Hall–Kier alpha value is -2.55. The predicted molar refractivity (Wildman–Crippen MR) is 110 cm³/mol. The summed E-state index contributed by atoms with van der Waals surface area (Å²) in [4.78, 5) is 15.3. The number of alkyl halides is 3. The summed E-state index contributed by atoms with van der Waals surface area (Å²) in [5, 5.41) is 5.93. The number of hydrogen-bond donors (Lipinski definition) is 0. The average Bonchev–Trinajstić information content (AvgIpc) is 3.38. The summed E-state index contributed by atoms with van der Waals surface area (Å²) in [5.74, 6) is -3.26. The zero-order valence-corrected chi connectivity index (χ0v) is 19.3. The van der Waals surface area contributed by atoms with E-state index in [0.717, 1.165) is 6.26 Å². The minimum absolute atomic E-state index is 0.162. The molecule has 3 heterocycles. The Morgan fingerprint density at radius 3 is 2.32 bits per heavy atom. The lowest BCUT2D eigenvalue weighted by Gasteiger charge is -2.36. The molecule has 0 bridgehead atoms. The van der Waals surface area contributed by atoms with E-state index in [1.165, 1.54) is 0 Å². The SMILES string of the molecule is CS(=O)(=O)c1cc(F)c(OC2CCN(C3CCN(c4nnc(C(F)(F)F)s4)CC3)C2=O)cc1F. The predicted octanol–water partition coefficient (Wildman–Crippen LogP) is 2.89. The molecule has 15 heteroatoms. The fourth-order valence-electron chi connectivity index (χ4n) is 4.01. The Bertz CT molecular complexity index is 1200. The van der Waals surface area contributed by atoms with Gasteiger partial charge in [-0.25, -0.2) is 17.2 Å². The van der Waals surface area contributed by atoms with Gasteiger partial charge in [0.25, 0.3) is 5.91 Å². The zero-order valence-electron chi connectivity index (χ0n) is 17.7. The average molecular weight is 527 g/mol. The second kappa shape index (κ2) is 8.91. The maximum atomic E-state index is 14.3. The highest BCUT2D eigenvalue weighted by Gasteiger charge is 2.40. The summed E-state index contributed by atoms with van der Waals surface area (Å²) in [5.41, 5.74) is 0. The Balaban J connectivity index is 1.37. The Kier molecular flexibility index (Phi) is 6.44. The Labute approximate surface area is 195 Å². The van der Waals surface area contributed by atoms with Crippen molar-refractivity contribution in [3.05, 3.63) is 28.8 Å². The van der Waals surface area contributed by atoms with Crippen molar-refractivity contribution in [2.24, 2.45) is 0 Å². The quantitative estimate of drug-likeness (QED) is 0.554. The number of anilines is 1. The number of sulfone groups is 1. The van der Waals surface area contributed by atoms with Crippen LogP contribution in [0.2, 0.25) is 0 Å². The lowest BCUT2D eigenvalue weighted by atomic mass is 10.0. The summed E-state index contributed by atoms with van der Waals surface area (Å²) >= 11 is 0.461. The molecule has 2 aromatic rings. The monoisotopic (exact) mass is 526 g/mol. The van der Waals surface area contributed by atoms with Crippen LogP contribution in [0.3, 0.4) is 0 Å². The van der Waals surface area contributed by atoms with Crippen molar-refractivity contribution in [3.8, 4) is 5.75 Å². The zero-order chi connectivity index (χ0) is 24.8. The van der Waals surface area contributed by atoms with Gasteiger partial charge in [-0.3, -0.25) is 4.79 Å². The Morgan fingerprint density at radius 2 is 1.74 bits per heavy atom. The van der Waals surface area contributed by atoms with Crippen LogP contribution in [-0.4, -0.2) is 67.5 Å². The van der Waals surface area contributed by atoms with Crippen molar-refractivity contribution in [2.75, 3.05) is 30.8 Å². The molecule has 0 radical (unpaired) electrons. The van der Waals surface area contributed by atoms with E-state index < -0.39 is 55.3 Å². The molecule has 2 saturated heterocycles. The molecule has 1 aromatic heterocycles. The fraction of sp³-hybridized carbons (Fsp3) is 0.526. The first kappa shape index (κ1) is 24.6. The van der Waals surface area contributed by atoms with Gasteiger partial charge in [0.05, 0.1) is 0 Å². The molecule has 2 aliphatic rings. The summed E-state index contributed by atoms with van der Waals surface area (Å²) < 4.78 is 95.1. The third-order valence-corrected chi connectivity index (χ3v) is 7.82. The highest BCUT2D eigenvalue weighted by molar-refractivity contribution is 7.90. The molecule has 1 atom stereocenters. The standard InChI is InChI=1S/C19H19F5N4O4S2/c1-34(30,31)15-9-11(20)14(8-12(15)21)32-13-4-7-28(16(13)29)10-2-5-27(6-3-10)18-26-25-17(33-18)19(22,23)24/h8-10,13H,2-7H2,1H3. The van der Waals surface area contributed by atoms with E-state index in [-0.39, 0.29) is 17.6 Å². The molecule has 0 saturated carbocycles. The first-order chi connectivity index (χ1) is 15.8. The van der Waals surface area contributed by atoms with Crippen LogP contribution in [0.1, 0.15) is 24.3 Å². The van der Waals surface area contributed by atoms with Crippen LogP contribution >= 0.6 is 11.3 Å². The van der Waals surface area contributed by atoms with Gasteiger partial charge in [-0.2, -0.15) is 13.2 Å². The van der Waals surface area contributed by atoms with Crippen molar-refractivity contribution in [2.45, 2.75) is 42.5 Å². The number of aromatic nitrogens is 2. The minimum atomic E-state index is -4.56. The molecule has 8 nitrogen and oxygen atoms in total. The van der Waals surface area contributed by atoms with Gasteiger partial charge in [-0.15, -0.1) is 10.2 Å². The van der Waals surface area contributed by atoms with Crippen molar-refractivity contribution in [1.82, 2.24) is 15.1 Å². The van der Waals surface area contributed by atoms with E-state index in [2.05, 4.69) is 10.2 Å². The molecular weight excluding hydrogens is 507 g/mol. The summed E-state index contributed by atoms with van der Waals surface area (Å²) in [6.07, 6.45) is -3.70. The third-order valence-electron chi connectivity index (χ3n) is 5.68. The number of carbonyl (C=O) groups is 1. The third kappa shape index (κ3) is 4.94. The van der Waals surface area contributed by atoms with E-state index in [1.807, 2.05) is 0 Å². The van der Waals surface area contributed by atoms with Crippen LogP contribution in [0, 0.1) is 11.6 Å². The van der Waals surface area contributed by atoms with Gasteiger partial charge in [0, 0.05) is 44.4 Å². The van der Waals surface area contributed by atoms with Gasteiger partial charge in [-0.1, -0.05) is 11.3 Å². The molecule has 4 rings (SSSR count). The lowest BCUT2D eigenvalue weighted by Crippen LogP contribution is -2.47. The van der Waals surface area contributed by atoms with Gasteiger partial charge in [0.15, 0.2) is 27.5 Å². The van der Waals surface area contributed by atoms with Crippen LogP contribution in [0.25, 0.3) is 0 Å². The van der Waals surface area contributed by atoms with Gasteiger partial charge in [-0.05, 0) is 18.9 Å². The molecule has 0 aliphatic carbocycles. The first-order valence-electron chi connectivity index (χ1n) is 10.2. The summed E-state index contributed by atoms with van der Waals surface area (Å²) in [6, 6.07) is 0.934. The van der Waals surface area contributed by atoms with Crippen molar-refractivity contribution < 1.29 is 39.9 Å². The number of amides is 1. The highest BCUT2D eigenvalue weighted by atomic mass is 32.2. The van der Waals surface area contributed by atoms with E-state index in [4.69, 9.17) is 4.74 Å². The second-order valence-corrected chi connectivity index (χ2v) is 11.0. The van der Waals surface area contributed by atoms with Crippen molar-refractivity contribution in [1.29, 1.82) is 0 Å². The molecule has 2 fully saturated rings. The number of piperidine rings is 1. The normalized spacial score (nSPS) is 20.3. The molecule has 0 N–H and O–H groups in total. The molecule has 186 valence electrons. The highest BCUT2D eigenvalue weighted by Crippen LogP contribution is 2.36. The van der Waals surface area contributed by atoms with E-state index in [9.17, 15) is 35.2 Å². The van der Waals surface area contributed by atoms with Gasteiger partial charge in [0.1, 0.15) is 10.7 Å². The van der Waals surface area contributed by atoms with Gasteiger partial charge < -0.3 is 14.5 Å². The van der Waals surface area contributed by atoms with Crippen LogP contribution in [0.4, 0.5) is 27.1 Å². The van der Waals surface area contributed by atoms with Crippen molar-refractivity contribution >= 4 is 32.2 Å². The molecule has 1 unspecified atom stereocenters. The number of likely N-dealkylation sites (tertiary alicyclic amines) is 1. The molecule has 1 aromatic carbocycles. The maximum absolute atomic E-state index is 14.3. The van der Waals surface area contributed by atoms with Crippen LogP contribution < -0.4 is 9.64 Å². The number of carbonyl (C=O) groups excluding carboxylic acids is 1. The summed E-state index contributed by atoms with van der Waals surface area (Å²) in [7, 11) is -3.98. The summed E-state index contributed by atoms with van der Waals surface area (Å²) in [6.45, 7) is 1.06. The van der Waals surface area contributed by atoms with E-state index >= 15 is 0 Å². The number of rotatable bonds is 5. The van der Waals surface area contributed by atoms with E-state index in [1.54, 1.807) is 9.80 Å². The topological polar surface area (TPSA) is 92.7 Å². The molecule has 1 amide bonds. The largest absolute Gasteiger partial charge is 0.477 e. The number of ether oxygens (including phenoxy) is 1. The number of hydrogen-bond acceptors (Lipinski definition) is 8. The van der Waals surface area contributed by atoms with Gasteiger partial charge in [0.2, 0.25) is 10.1 Å². The number of nitrogens with zero attached hydrogens (tertiary/aromatic N) is 4.